The second-order valence-corrected chi connectivity index (χ2v) is 8.41. The van der Waals surface area contributed by atoms with Crippen molar-refractivity contribution in [1.82, 2.24) is 4.98 Å². The van der Waals surface area contributed by atoms with Gasteiger partial charge in [0.05, 0.1) is 11.3 Å². The van der Waals surface area contributed by atoms with Crippen LogP contribution in [-0.4, -0.2) is 34.3 Å². The van der Waals surface area contributed by atoms with E-state index in [1.54, 1.807) is 24.3 Å². The van der Waals surface area contributed by atoms with E-state index in [2.05, 4.69) is 15.6 Å². The van der Waals surface area contributed by atoms with Crippen LogP contribution < -0.4 is 10.6 Å². The number of amides is 1. The molecule has 3 N–H and O–H groups in total. The molecule has 0 aliphatic heterocycles. The molecule has 0 saturated heterocycles. The smallest absolute Gasteiger partial charge is 0.326 e. The monoisotopic (exact) mass is 431 g/mol. The minimum Gasteiger partial charge on any atom is -0.480 e. The summed E-state index contributed by atoms with van der Waals surface area (Å²) in [5.41, 5.74) is 1.74. The van der Waals surface area contributed by atoms with Gasteiger partial charge in [0.2, 0.25) is 0 Å². The van der Waals surface area contributed by atoms with E-state index in [-0.39, 0.29) is 5.91 Å². The lowest BCUT2D eigenvalue weighted by molar-refractivity contribution is -0.138. The Morgan fingerprint density at radius 3 is 2.50 bits per heavy atom. The van der Waals surface area contributed by atoms with Gasteiger partial charge in [0, 0.05) is 17.0 Å². The molecule has 1 unspecified atom stereocenters. The Morgan fingerprint density at radius 1 is 1.13 bits per heavy atom. The van der Waals surface area contributed by atoms with Gasteiger partial charge in [0.15, 0.2) is 5.13 Å². The predicted molar refractivity (Wildman–Crippen MR) is 119 cm³/mol. The minimum absolute atomic E-state index is 0.328. The predicted octanol–water partition coefficient (Wildman–Crippen LogP) is 4.81. The van der Waals surface area contributed by atoms with Crippen LogP contribution in [0.15, 0.2) is 24.3 Å². The van der Waals surface area contributed by atoms with E-state index in [0.29, 0.717) is 29.2 Å². The maximum Gasteiger partial charge on any atom is 0.326 e. The van der Waals surface area contributed by atoms with Gasteiger partial charge in [-0.25, -0.2) is 9.78 Å². The van der Waals surface area contributed by atoms with E-state index in [1.165, 1.54) is 11.3 Å². The molecule has 2 aromatic rings. The highest BCUT2D eigenvalue weighted by Crippen LogP contribution is 2.24. The largest absolute Gasteiger partial charge is 0.480 e. The maximum atomic E-state index is 12.7. The van der Waals surface area contributed by atoms with E-state index >= 15 is 0 Å². The number of anilines is 2. The van der Waals surface area contributed by atoms with Crippen molar-refractivity contribution >= 4 is 40.3 Å². The number of benzene rings is 1. The number of rotatable bonds is 13. The van der Waals surface area contributed by atoms with Gasteiger partial charge >= 0.3 is 5.97 Å². The van der Waals surface area contributed by atoms with Crippen LogP contribution in [0, 0.1) is 13.8 Å². The summed E-state index contributed by atoms with van der Waals surface area (Å²) in [6.07, 6.45) is 6.47. The van der Waals surface area contributed by atoms with Gasteiger partial charge in [-0.15, -0.1) is 11.3 Å². The average molecular weight is 432 g/mol. The van der Waals surface area contributed by atoms with Crippen molar-refractivity contribution in [2.24, 2.45) is 0 Å². The van der Waals surface area contributed by atoms with Crippen LogP contribution in [0.2, 0.25) is 0 Å². The molecule has 0 saturated carbocycles. The summed E-state index contributed by atoms with van der Waals surface area (Å²) in [4.78, 5) is 40.1. The zero-order valence-corrected chi connectivity index (χ0v) is 18.3. The minimum atomic E-state index is -0.947. The number of hydrogen-bond donors (Lipinski definition) is 3. The van der Waals surface area contributed by atoms with Gasteiger partial charge < -0.3 is 15.2 Å². The van der Waals surface area contributed by atoms with Crippen LogP contribution in [0.5, 0.6) is 0 Å². The maximum absolute atomic E-state index is 12.7. The summed E-state index contributed by atoms with van der Waals surface area (Å²) in [5.74, 6) is -1.27. The summed E-state index contributed by atoms with van der Waals surface area (Å²) < 4.78 is 0. The molecule has 30 heavy (non-hydrogen) atoms. The topological polar surface area (TPSA) is 108 Å². The van der Waals surface area contributed by atoms with Crippen molar-refractivity contribution in [3.8, 4) is 0 Å². The Balaban J connectivity index is 1.97. The quantitative estimate of drug-likeness (QED) is 0.310. The van der Waals surface area contributed by atoms with Gasteiger partial charge in [-0.05, 0) is 38.8 Å². The number of carbonyl (C=O) groups is 3. The second kappa shape index (κ2) is 12.1. The van der Waals surface area contributed by atoms with Crippen LogP contribution >= 0.6 is 11.3 Å². The molecule has 162 valence electrons. The van der Waals surface area contributed by atoms with Gasteiger partial charge in [0.1, 0.15) is 12.3 Å². The third-order valence-electron chi connectivity index (χ3n) is 4.86. The Labute approximate surface area is 180 Å². The van der Waals surface area contributed by atoms with Crippen molar-refractivity contribution in [3.63, 3.8) is 0 Å². The molecule has 0 fully saturated rings. The number of aldehydes is 1. The Bertz CT molecular complexity index is 846. The molecule has 0 aliphatic rings. The lowest BCUT2D eigenvalue weighted by Crippen LogP contribution is -2.30. The number of carboxylic acid groups (broad SMARTS) is 1. The van der Waals surface area contributed by atoms with Crippen LogP contribution in [0.4, 0.5) is 10.8 Å². The van der Waals surface area contributed by atoms with E-state index in [9.17, 15) is 19.5 Å². The summed E-state index contributed by atoms with van der Waals surface area (Å²) in [6, 6.07) is 6.11. The fourth-order valence-electron chi connectivity index (χ4n) is 3.05. The molecule has 8 heteroatoms. The summed E-state index contributed by atoms with van der Waals surface area (Å²) >= 11 is 1.41. The molecular formula is C22H29N3O4S. The van der Waals surface area contributed by atoms with Gasteiger partial charge in [0.25, 0.3) is 5.91 Å². The molecule has 1 aromatic carbocycles. The molecule has 1 heterocycles. The summed E-state index contributed by atoms with van der Waals surface area (Å²) in [5, 5.41) is 15.9. The van der Waals surface area contributed by atoms with Crippen molar-refractivity contribution < 1.29 is 19.5 Å². The molecule has 2 rings (SSSR count). The number of para-hydroxylation sites is 1. The molecule has 0 aliphatic carbocycles. The van der Waals surface area contributed by atoms with Crippen LogP contribution in [0.25, 0.3) is 0 Å². The van der Waals surface area contributed by atoms with Gasteiger partial charge in [-0.3, -0.25) is 10.1 Å². The first-order chi connectivity index (χ1) is 14.4. The number of aryl methyl sites for hydroxylation is 2. The highest BCUT2D eigenvalue weighted by molar-refractivity contribution is 7.15. The fourth-order valence-corrected chi connectivity index (χ4v) is 3.86. The molecule has 0 spiro atoms. The molecule has 0 radical (unpaired) electrons. The van der Waals surface area contributed by atoms with Crippen LogP contribution in [0.3, 0.4) is 0 Å². The van der Waals surface area contributed by atoms with Crippen molar-refractivity contribution in [3.05, 3.63) is 40.4 Å². The van der Waals surface area contributed by atoms with Crippen LogP contribution in [-0.2, 0) is 9.59 Å². The van der Waals surface area contributed by atoms with Crippen molar-refractivity contribution in [2.75, 3.05) is 10.6 Å². The number of aliphatic carboxylic acids is 1. The third-order valence-corrected chi connectivity index (χ3v) is 5.85. The standard InChI is InChI=1S/C22H29N3O4S/c1-15-16(2)30-22(23-15)25-20(27)17-11-8-9-12-18(17)24-19(21(28)29)13-7-5-3-4-6-10-14-26/h8-9,11-12,14,19,24H,3-7,10,13H2,1-2H3,(H,28,29)(H,23,25,27). The second-order valence-electron chi connectivity index (χ2n) is 7.21. The fraction of sp³-hybridized carbons (Fsp3) is 0.455. The lowest BCUT2D eigenvalue weighted by atomic mass is 10.0. The number of aromatic nitrogens is 1. The Morgan fingerprint density at radius 2 is 1.83 bits per heavy atom. The number of carbonyl (C=O) groups excluding carboxylic acids is 2. The van der Waals surface area contributed by atoms with Crippen molar-refractivity contribution in [2.45, 2.75) is 64.8 Å². The highest BCUT2D eigenvalue weighted by atomic mass is 32.1. The SMILES string of the molecule is Cc1nc(NC(=O)c2ccccc2NC(CCCCCCCC=O)C(=O)O)sc1C. The van der Waals surface area contributed by atoms with E-state index < -0.39 is 12.0 Å². The highest BCUT2D eigenvalue weighted by Gasteiger charge is 2.20. The zero-order chi connectivity index (χ0) is 21.9. The third kappa shape index (κ3) is 7.26. The van der Waals surface area contributed by atoms with Crippen molar-refractivity contribution in [1.29, 1.82) is 0 Å². The number of nitrogens with one attached hydrogen (secondary N) is 2. The summed E-state index contributed by atoms with van der Waals surface area (Å²) in [7, 11) is 0. The summed E-state index contributed by atoms with van der Waals surface area (Å²) in [6.45, 7) is 3.83. The Kier molecular flexibility index (Phi) is 9.47. The molecule has 1 amide bonds. The number of nitrogens with zero attached hydrogens (tertiary/aromatic N) is 1. The number of thiazole rings is 1. The molecule has 0 bridgehead atoms. The van der Waals surface area contributed by atoms with E-state index in [1.807, 2.05) is 13.8 Å². The number of carboxylic acids is 1. The molecular weight excluding hydrogens is 402 g/mol. The zero-order valence-electron chi connectivity index (χ0n) is 17.4. The molecule has 1 aromatic heterocycles. The van der Waals surface area contributed by atoms with E-state index in [0.717, 1.165) is 49.0 Å². The normalized spacial score (nSPS) is 11.7. The average Bonchev–Trinajstić information content (AvgIpc) is 3.03. The lowest BCUT2D eigenvalue weighted by Gasteiger charge is -2.18. The first-order valence-corrected chi connectivity index (χ1v) is 11.0. The number of hydrogen-bond acceptors (Lipinski definition) is 6. The van der Waals surface area contributed by atoms with E-state index in [4.69, 9.17) is 0 Å². The van der Waals surface area contributed by atoms with Gasteiger partial charge in [-0.2, -0.15) is 0 Å². The first kappa shape index (κ1) is 23.5. The van der Waals surface area contributed by atoms with Crippen LogP contribution in [0.1, 0.15) is 65.9 Å². The first-order valence-electron chi connectivity index (χ1n) is 10.2. The number of unbranched alkanes of at least 4 members (excludes halogenated alkanes) is 5. The molecule has 7 nitrogen and oxygen atoms in total. The van der Waals surface area contributed by atoms with Gasteiger partial charge in [-0.1, -0.05) is 37.8 Å². The Hall–Kier alpha value is -2.74. The molecule has 1 atom stereocenters.